The third-order valence-electron chi connectivity index (χ3n) is 12.7. The molecule has 1 atom stereocenters. The van der Waals surface area contributed by atoms with Crippen LogP contribution in [-0.4, -0.2) is 50.1 Å². The standard InChI is InChI=1S/C31H34N2O.C20H26N2O.ClH/c1-23(2)26-16-17-29-28(20-26)27-14-9-15-30(34)31(27)33(29)19-18-32(21-24-10-5-3-6-11-24)22-25-12-7-4-8-13-25;1-13(2)15-7-8-18-17(11-15)16-5-4-6-19-20(16)22(18)10-9-21(19)12-14(3)23;/h3-8,10-13,16-17,20,23H,9,14-15,18-19,21-22H2,1-2H3;7-8,11,13,19H,4-6,9-10,12H2,1-3H3;1H. The third kappa shape index (κ3) is 8.61. The van der Waals surface area contributed by atoms with Gasteiger partial charge in [0.1, 0.15) is 5.78 Å². The van der Waals surface area contributed by atoms with Crippen LogP contribution in [0.3, 0.4) is 0 Å². The van der Waals surface area contributed by atoms with Crippen molar-refractivity contribution in [2.24, 2.45) is 0 Å². The predicted molar refractivity (Wildman–Crippen MR) is 242 cm³/mol. The number of hydrogen-bond acceptors (Lipinski definition) is 4. The fourth-order valence-electron chi connectivity index (χ4n) is 9.82. The molecule has 2 aromatic heterocycles. The Balaban J connectivity index is 0.000000186. The summed E-state index contributed by atoms with van der Waals surface area (Å²) in [6, 6.07) is 35.6. The normalized spacial score (nSPS) is 16.3. The van der Waals surface area contributed by atoms with E-state index in [1.54, 1.807) is 12.5 Å². The van der Waals surface area contributed by atoms with Gasteiger partial charge in [-0.2, -0.15) is 0 Å². The number of carbonyl (C=O) groups is 2. The van der Waals surface area contributed by atoms with E-state index in [1.807, 2.05) is 0 Å². The number of aromatic nitrogens is 2. The summed E-state index contributed by atoms with van der Waals surface area (Å²) in [5.74, 6) is 1.64. The predicted octanol–water partition coefficient (Wildman–Crippen LogP) is 11.5. The van der Waals surface area contributed by atoms with Gasteiger partial charge in [0, 0.05) is 73.2 Å². The van der Waals surface area contributed by atoms with Gasteiger partial charge < -0.3 is 9.13 Å². The Labute approximate surface area is 351 Å². The summed E-state index contributed by atoms with van der Waals surface area (Å²) >= 11 is 0. The number of rotatable bonds is 11. The van der Waals surface area contributed by atoms with Crippen molar-refractivity contribution in [3.05, 3.63) is 142 Å². The lowest BCUT2D eigenvalue weighted by Gasteiger charge is -2.39. The van der Waals surface area contributed by atoms with Crippen LogP contribution in [0, 0.1) is 0 Å². The molecule has 0 radical (unpaired) electrons. The van der Waals surface area contributed by atoms with Crippen molar-refractivity contribution in [3.63, 3.8) is 0 Å². The number of aryl methyl sites for hydroxylation is 2. The number of carbonyl (C=O) groups excluding carboxylic acids is 2. The molecule has 0 bridgehead atoms. The zero-order chi connectivity index (χ0) is 39.6. The SMILES string of the molecule is CC(=O)CN1CCn2c3c(c4cc(C(C)C)ccc42)CCCC31.CC(C)c1ccc2c(c1)c1c(n2CCN(Cc2ccccc2)Cc2ccccc2)C(=O)CCC1.Cl. The van der Waals surface area contributed by atoms with Crippen molar-refractivity contribution in [3.8, 4) is 0 Å². The van der Waals surface area contributed by atoms with Crippen LogP contribution in [0.15, 0.2) is 97.1 Å². The second-order valence-electron chi connectivity index (χ2n) is 17.4. The van der Waals surface area contributed by atoms with Gasteiger partial charge in [0.15, 0.2) is 5.78 Å². The monoisotopic (exact) mass is 796 g/mol. The number of ketones is 2. The molecule has 0 amide bonds. The molecular weight excluding hydrogens is 736 g/mol. The van der Waals surface area contributed by atoms with Gasteiger partial charge >= 0.3 is 0 Å². The fraction of sp³-hybridized carbons (Fsp3) is 0.412. The maximum absolute atomic E-state index is 13.1. The van der Waals surface area contributed by atoms with E-state index in [-0.39, 0.29) is 18.2 Å². The van der Waals surface area contributed by atoms with Crippen molar-refractivity contribution in [2.45, 2.75) is 117 Å². The Morgan fingerprint density at radius 2 is 1.31 bits per heavy atom. The van der Waals surface area contributed by atoms with Crippen LogP contribution in [0.5, 0.6) is 0 Å². The van der Waals surface area contributed by atoms with Crippen LogP contribution in [0.4, 0.5) is 0 Å². The quantitative estimate of drug-likeness (QED) is 0.131. The highest BCUT2D eigenvalue weighted by molar-refractivity contribution is 6.04. The summed E-state index contributed by atoms with van der Waals surface area (Å²) in [5.41, 5.74) is 13.3. The lowest BCUT2D eigenvalue weighted by molar-refractivity contribution is -0.119. The number of fused-ring (bicyclic) bond motifs is 6. The van der Waals surface area contributed by atoms with E-state index in [9.17, 15) is 9.59 Å². The van der Waals surface area contributed by atoms with Crippen molar-refractivity contribution in [2.75, 3.05) is 19.6 Å². The molecule has 58 heavy (non-hydrogen) atoms. The Bertz CT molecular complexity index is 2330. The van der Waals surface area contributed by atoms with Crippen LogP contribution in [0.1, 0.15) is 128 Å². The Kier molecular flexibility index (Phi) is 13.1. The van der Waals surface area contributed by atoms with E-state index in [0.717, 1.165) is 57.8 Å². The maximum atomic E-state index is 13.1. The maximum Gasteiger partial charge on any atom is 0.179 e. The van der Waals surface area contributed by atoms with Crippen LogP contribution < -0.4 is 0 Å². The van der Waals surface area contributed by atoms with E-state index in [2.05, 4.69) is 144 Å². The molecule has 304 valence electrons. The van der Waals surface area contributed by atoms with Gasteiger partial charge in [-0.15, -0.1) is 12.4 Å². The molecule has 4 aromatic carbocycles. The minimum Gasteiger partial charge on any atom is -0.342 e. The fourth-order valence-corrected chi connectivity index (χ4v) is 9.82. The number of Topliss-reactive ketones (excluding diaryl/α,β-unsaturated/α-hetero) is 2. The number of nitrogens with zero attached hydrogens (tertiary/aromatic N) is 4. The average molecular weight is 798 g/mol. The zero-order valence-electron chi connectivity index (χ0n) is 35.2. The lowest BCUT2D eigenvalue weighted by Crippen LogP contribution is -2.41. The molecule has 3 aliphatic rings. The van der Waals surface area contributed by atoms with Gasteiger partial charge in [-0.3, -0.25) is 19.4 Å². The van der Waals surface area contributed by atoms with Gasteiger partial charge in [0.25, 0.3) is 0 Å². The van der Waals surface area contributed by atoms with Crippen LogP contribution in [0.25, 0.3) is 21.8 Å². The second-order valence-corrected chi connectivity index (χ2v) is 17.4. The first-order chi connectivity index (χ1) is 27.7. The van der Waals surface area contributed by atoms with E-state index >= 15 is 0 Å². The number of benzene rings is 4. The molecule has 9 rings (SSSR count). The molecule has 0 fully saturated rings. The molecule has 7 heteroatoms. The molecule has 3 heterocycles. The van der Waals surface area contributed by atoms with E-state index in [4.69, 9.17) is 0 Å². The molecule has 0 N–H and O–H groups in total. The van der Waals surface area contributed by atoms with E-state index in [1.165, 1.54) is 74.6 Å². The summed E-state index contributed by atoms with van der Waals surface area (Å²) in [6.07, 6.45) is 6.24. The molecule has 0 spiro atoms. The van der Waals surface area contributed by atoms with Gasteiger partial charge in [-0.25, -0.2) is 0 Å². The van der Waals surface area contributed by atoms with E-state index < -0.39 is 0 Å². The summed E-state index contributed by atoms with van der Waals surface area (Å²) in [5, 5.41) is 2.74. The number of halogens is 1. The Morgan fingerprint density at radius 3 is 1.91 bits per heavy atom. The summed E-state index contributed by atoms with van der Waals surface area (Å²) in [4.78, 5) is 29.6. The van der Waals surface area contributed by atoms with Crippen molar-refractivity contribution >= 4 is 45.8 Å². The van der Waals surface area contributed by atoms with Gasteiger partial charge in [0.05, 0.1) is 18.3 Å². The Hall–Kier alpha value is -4.49. The number of hydrogen-bond donors (Lipinski definition) is 0. The highest BCUT2D eigenvalue weighted by Crippen LogP contribution is 2.43. The molecule has 6 aromatic rings. The van der Waals surface area contributed by atoms with Crippen LogP contribution in [0.2, 0.25) is 0 Å². The average Bonchev–Trinajstić information content (AvgIpc) is 3.72. The van der Waals surface area contributed by atoms with Crippen molar-refractivity contribution in [1.82, 2.24) is 18.9 Å². The highest BCUT2D eigenvalue weighted by Gasteiger charge is 2.35. The Morgan fingerprint density at radius 1 is 0.724 bits per heavy atom. The highest BCUT2D eigenvalue weighted by atomic mass is 35.5. The minimum atomic E-state index is 0. The summed E-state index contributed by atoms with van der Waals surface area (Å²) < 4.78 is 4.86. The third-order valence-corrected chi connectivity index (χ3v) is 12.7. The largest absolute Gasteiger partial charge is 0.342 e. The zero-order valence-corrected chi connectivity index (χ0v) is 36.0. The lowest BCUT2D eigenvalue weighted by atomic mass is 9.89. The summed E-state index contributed by atoms with van der Waals surface area (Å²) in [6.45, 7) is 16.8. The van der Waals surface area contributed by atoms with E-state index in [0.29, 0.717) is 36.6 Å². The first kappa shape index (κ1) is 41.7. The van der Waals surface area contributed by atoms with Crippen molar-refractivity contribution < 1.29 is 9.59 Å². The van der Waals surface area contributed by atoms with Gasteiger partial charge in [-0.1, -0.05) is 100 Å². The first-order valence-electron chi connectivity index (χ1n) is 21.5. The first-order valence-corrected chi connectivity index (χ1v) is 21.5. The molecule has 0 saturated heterocycles. The van der Waals surface area contributed by atoms with Crippen LogP contribution in [-0.2, 0) is 43.8 Å². The second kappa shape index (κ2) is 18.2. The molecule has 1 aliphatic heterocycles. The smallest absolute Gasteiger partial charge is 0.179 e. The van der Waals surface area contributed by atoms with Gasteiger partial charge in [0.2, 0.25) is 0 Å². The minimum absolute atomic E-state index is 0. The topological polar surface area (TPSA) is 50.5 Å². The summed E-state index contributed by atoms with van der Waals surface area (Å²) in [7, 11) is 0. The molecule has 2 aliphatic carbocycles. The van der Waals surface area contributed by atoms with Crippen molar-refractivity contribution in [1.29, 1.82) is 0 Å². The molecule has 1 unspecified atom stereocenters. The van der Waals surface area contributed by atoms with Crippen LogP contribution >= 0.6 is 12.4 Å². The molecule has 6 nitrogen and oxygen atoms in total. The molecule has 0 saturated carbocycles. The van der Waals surface area contributed by atoms with Gasteiger partial charge in [-0.05, 0) is 109 Å². The molecular formula is C51H61ClN4O2.